The Hall–Kier alpha value is -2.78. The van der Waals surface area contributed by atoms with Gasteiger partial charge in [-0.25, -0.2) is 13.6 Å². The highest BCUT2D eigenvalue weighted by molar-refractivity contribution is 6.32. The molecule has 1 aromatic carbocycles. The molecule has 7 nitrogen and oxygen atoms in total. The summed E-state index contributed by atoms with van der Waals surface area (Å²) in [6, 6.07) is 3.03. The number of urea groups is 1. The molecule has 0 bridgehead atoms. The van der Waals surface area contributed by atoms with Gasteiger partial charge < -0.3 is 20.6 Å². The number of aliphatic hydroxyl groups is 1. The second kappa shape index (κ2) is 8.07. The number of halogens is 3. The van der Waals surface area contributed by atoms with E-state index < -0.39 is 42.3 Å². The Morgan fingerprint density at radius 1 is 1.46 bits per heavy atom. The fourth-order valence-corrected chi connectivity index (χ4v) is 3.13. The molecule has 2 heterocycles. The van der Waals surface area contributed by atoms with Crippen LogP contribution in [0.25, 0.3) is 0 Å². The van der Waals surface area contributed by atoms with Gasteiger partial charge in [0.05, 0.1) is 25.4 Å². The molecule has 1 aliphatic heterocycles. The van der Waals surface area contributed by atoms with Gasteiger partial charge in [-0.05, 0) is 19.1 Å². The first kappa shape index (κ1) is 20.0. The highest BCUT2D eigenvalue weighted by atomic mass is 35.5. The number of aromatic nitrogens is 1. The zero-order valence-electron chi connectivity index (χ0n) is 14.7. The van der Waals surface area contributed by atoms with E-state index in [0.29, 0.717) is 22.3 Å². The van der Waals surface area contributed by atoms with Crippen LogP contribution in [0.1, 0.15) is 24.2 Å². The summed E-state index contributed by atoms with van der Waals surface area (Å²) in [7, 11) is 0. The zero-order valence-corrected chi connectivity index (χ0v) is 15.5. The number of nitrogens with one attached hydrogen (secondary N) is 2. The first-order chi connectivity index (χ1) is 13.3. The van der Waals surface area contributed by atoms with Crippen molar-refractivity contribution in [3.8, 4) is 0 Å². The SMILES string of the molecule is C[C@@H](C(=O)N[C@@H](CO)c1ncc(F)cc1F)N1Cc2c(Cl)cccc2NC1=O. The molecule has 28 heavy (non-hydrogen) atoms. The first-order valence-corrected chi connectivity index (χ1v) is 8.76. The predicted molar refractivity (Wildman–Crippen MR) is 97.6 cm³/mol. The number of anilines is 1. The summed E-state index contributed by atoms with van der Waals surface area (Å²) in [5.74, 6) is -2.52. The third-order valence-corrected chi connectivity index (χ3v) is 4.82. The largest absolute Gasteiger partial charge is 0.394 e. The Kier molecular flexibility index (Phi) is 5.76. The van der Waals surface area contributed by atoms with Crippen molar-refractivity contribution in [1.29, 1.82) is 0 Å². The van der Waals surface area contributed by atoms with Crippen LogP contribution in [0.5, 0.6) is 0 Å². The monoisotopic (exact) mass is 410 g/mol. The number of rotatable bonds is 5. The first-order valence-electron chi connectivity index (χ1n) is 8.39. The summed E-state index contributed by atoms with van der Waals surface area (Å²) in [4.78, 5) is 29.8. The smallest absolute Gasteiger partial charge is 0.322 e. The third kappa shape index (κ3) is 3.90. The minimum atomic E-state index is -1.20. The van der Waals surface area contributed by atoms with Gasteiger partial charge in [0, 0.05) is 22.3 Å². The van der Waals surface area contributed by atoms with E-state index >= 15 is 0 Å². The minimum absolute atomic E-state index is 0.0996. The van der Waals surface area contributed by atoms with Crippen molar-refractivity contribution in [1.82, 2.24) is 15.2 Å². The van der Waals surface area contributed by atoms with Crippen molar-refractivity contribution < 1.29 is 23.5 Å². The maximum absolute atomic E-state index is 13.9. The van der Waals surface area contributed by atoms with Crippen LogP contribution in [0.4, 0.5) is 19.3 Å². The molecule has 0 saturated heterocycles. The van der Waals surface area contributed by atoms with Gasteiger partial charge in [-0.1, -0.05) is 17.7 Å². The molecule has 0 unspecified atom stereocenters. The van der Waals surface area contributed by atoms with Crippen molar-refractivity contribution in [2.45, 2.75) is 25.6 Å². The molecule has 2 aromatic rings. The van der Waals surface area contributed by atoms with Crippen LogP contribution in [0.3, 0.4) is 0 Å². The van der Waals surface area contributed by atoms with E-state index in [1.807, 2.05) is 0 Å². The van der Waals surface area contributed by atoms with Crippen LogP contribution in [0, 0.1) is 11.6 Å². The molecule has 3 N–H and O–H groups in total. The molecule has 3 amide bonds. The van der Waals surface area contributed by atoms with Crippen LogP contribution < -0.4 is 10.6 Å². The molecule has 1 aromatic heterocycles. The number of benzene rings is 1. The van der Waals surface area contributed by atoms with Gasteiger partial charge in [-0.3, -0.25) is 9.78 Å². The number of carbonyl (C=O) groups excluding carboxylic acids is 2. The fraction of sp³-hybridized carbons (Fsp3) is 0.278. The van der Waals surface area contributed by atoms with E-state index in [-0.39, 0.29) is 12.2 Å². The molecule has 10 heteroatoms. The zero-order chi connectivity index (χ0) is 20.4. The molecule has 0 saturated carbocycles. The number of nitrogens with zero attached hydrogens (tertiary/aromatic N) is 2. The van der Waals surface area contributed by atoms with Crippen LogP contribution in [-0.2, 0) is 11.3 Å². The van der Waals surface area contributed by atoms with Gasteiger partial charge in [0.15, 0.2) is 0 Å². The van der Waals surface area contributed by atoms with E-state index in [1.165, 1.54) is 11.8 Å². The summed E-state index contributed by atoms with van der Waals surface area (Å²) in [6.45, 7) is 0.927. The lowest BCUT2D eigenvalue weighted by Gasteiger charge is -2.34. The number of carbonyl (C=O) groups is 2. The average molecular weight is 411 g/mol. The molecule has 1 aliphatic rings. The summed E-state index contributed by atoms with van der Waals surface area (Å²) >= 11 is 6.16. The van der Waals surface area contributed by atoms with E-state index in [2.05, 4.69) is 15.6 Å². The number of hydrogen-bond acceptors (Lipinski definition) is 4. The van der Waals surface area contributed by atoms with Gasteiger partial charge in [0.25, 0.3) is 0 Å². The Bertz CT molecular complexity index is 928. The average Bonchev–Trinajstić information content (AvgIpc) is 2.65. The van der Waals surface area contributed by atoms with Crippen LogP contribution >= 0.6 is 11.6 Å². The molecular weight excluding hydrogens is 394 g/mol. The standard InChI is InChI=1S/C18H17ClF2N4O3/c1-9(25-7-11-12(19)3-2-4-14(11)24-18(25)28)17(27)23-15(8-26)16-13(21)5-10(20)6-22-16/h2-6,9,15,26H,7-8H2,1H3,(H,23,27)(H,24,28)/t9-,15-/m0/s1. The van der Waals surface area contributed by atoms with Crippen molar-refractivity contribution >= 4 is 29.2 Å². The Morgan fingerprint density at radius 2 is 2.21 bits per heavy atom. The normalized spacial score (nSPS) is 15.5. The Morgan fingerprint density at radius 3 is 2.89 bits per heavy atom. The number of fused-ring (bicyclic) bond motifs is 1. The van der Waals surface area contributed by atoms with E-state index in [0.717, 1.165) is 6.20 Å². The second-order valence-corrected chi connectivity index (χ2v) is 6.67. The highest BCUT2D eigenvalue weighted by Crippen LogP contribution is 2.30. The summed E-state index contributed by atoms with van der Waals surface area (Å²) in [6.07, 6.45) is 0.785. The van der Waals surface area contributed by atoms with Crippen LogP contribution in [0.2, 0.25) is 5.02 Å². The highest BCUT2D eigenvalue weighted by Gasteiger charge is 2.32. The number of hydrogen-bond donors (Lipinski definition) is 3. The summed E-state index contributed by atoms with van der Waals surface area (Å²) < 4.78 is 26.9. The molecule has 0 aliphatic carbocycles. The quantitative estimate of drug-likeness (QED) is 0.706. The van der Waals surface area contributed by atoms with Gasteiger partial charge in [0.2, 0.25) is 5.91 Å². The van der Waals surface area contributed by atoms with Gasteiger partial charge in [-0.15, -0.1) is 0 Å². The number of aliphatic hydroxyl groups excluding tert-OH is 1. The maximum atomic E-state index is 13.9. The molecule has 0 radical (unpaired) electrons. The lowest BCUT2D eigenvalue weighted by molar-refractivity contribution is -0.126. The lowest BCUT2D eigenvalue weighted by Crippen LogP contribution is -2.51. The molecule has 0 fully saturated rings. The van der Waals surface area contributed by atoms with Gasteiger partial charge >= 0.3 is 6.03 Å². The third-order valence-electron chi connectivity index (χ3n) is 4.46. The van der Waals surface area contributed by atoms with Crippen molar-refractivity contribution in [2.24, 2.45) is 0 Å². The fourth-order valence-electron chi connectivity index (χ4n) is 2.89. The van der Waals surface area contributed by atoms with Crippen molar-refractivity contribution in [3.63, 3.8) is 0 Å². The predicted octanol–water partition coefficient (Wildman–Crippen LogP) is 2.60. The van der Waals surface area contributed by atoms with Crippen molar-refractivity contribution in [3.05, 3.63) is 58.4 Å². The van der Waals surface area contributed by atoms with Crippen molar-refractivity contribution in [2.75, 3.05) is 11.9 Å². The maximum Gasteiger partial charge on any atom is 0.322 e. The number of amides is 3. The van der Waals surface area contributed by atoms with E-state index in [1.54, 1.807) is 18.2 Å². The topological polar surface area (TPSA) is 94.6 Å². The lowest BCUT2D eigenvalue weighted by atomic mass is 10.1. The minimum Gasteiger partial charge on any atom is -0.394 e. The van der Waals surface area contributed by atoms with Gasteiger partial charge in [0.1, 0.15) is 23.4 Å². The summed E-state index contributed by atoms with van der Waals surface area (Å²) in [5.41, 5.74) is 0.918. The van der Waals surface area contributed by atoms with Gasteiger partial charge in [-0.2, -0.15) is 0 Å². The molecule has 148 valence electrons. The van der Waals surface area contributed by atoms with E-state index in [9.17, 15) is 23.5 Å². The number of pyridine rings is 1. The Labute approximate surface area is 164 Å². The van der Waals surface area contributed by atoms with Crippen LogP contribution in [-0.4, -0.2) is 39.6 Å². The Balaban J connectivity index is 1.76. The van der Waals surface area contributed by atoms with Crippen LogP contribution in [0.15, 0.2) is 30.5 Å². The molecular formula is C18H17ClF2N4O3. The van der Waals surface area contributed by atoms with E-state index in [4.69, 9.17) is 11.6 Å². The second-order valence-electron chi connectivity index (χ2n) is 6.26. The molecule has 3 rings (SSSR count). The summed E-state index contributed by atoms with van der Waals surface area (Å²) in [5, 5.41) is 15.0. The molecule has 0 spiro atoms. The molecule has 2 atom stereocenters.